The lowest BCUT2D eigenvalue weighted by atomic mass is 10.1. The van der Waals surface area contributed by atoms with Crippen LogP contribution >= 0.6 is 11.6 Å². The standard InChI is InChI=1S/C18H13ClN4O2/c1-25-18(24)11-4-5-12-13(8-11)21-17-15(12)16(19)22-14(23-17)7-10-3-2-6-20-9-10/h2-6,8-9H,7H2,1H3,(H,21,22,23). The summed E-state index contributed by atoms with van der Waals surface area (Å²) in [6.45, 7) is 0. The molecule has 0 aliphatic carbocycles. The lowest BCUT2D eigenvalue weighted by Crippen LogP contribution is -2.00. The number of pyridine rings is 1. The summed E-state index contributed by atoms with van der Waals surface area (Å²) >= 11 is 6.40. The average Bonchev–Trinajstić information content (AvgIpc) is 2.99. The summed E-state index contributed by atoms with van der Waals surface area (Å²) in [6, 6.07) is 9.06. The number of methoxy groups -OCH3 is 1. The van der Waals surface area contributed by atoms with Gasteiger partial charge in [-0.15, -0.1) is 0 Å². The Balaban J connectivity index is 1.83. The fraction of sp³-hybridized carbons (Fsp3) is 0.111. The van der Waals surface area contributed by atoms with Gasteiger partial charge in [0.1, 0.15) is 16.6 Å². The van der Waals surface area contributed by atoms with Crippen molar-refractivity contribution in [2.24, 2.45) is 0 Å². The van der Waals surface area contributed by atoms with Crippen molar-refractivity contribution < 1.29 is 9.53 Å². The number of aromatic amines is 1. The van der Waals surface area contributed by atoms with Crippen LogP contribution in [0.1, 0.15) is 21.7 Å². The lowest BCUT2D eigenvalue weighted by Gasteiger charge is -2.02. The molecule has 124 valence electrons. The maximum atomic E-state index is 11.7. The monoisotopic (exact) mass is 352 g/mol. The number of fused-ring (bicyclic) bond motifs is 3. The minimum atomic E-state index is -0.394. The minimum Gasteiger partial charge on any atom is -0.465 e. The number of nitrogens with one attached hydrogen (secondary N) is 1. The van der Waals surface area contributed by atoms with Crippen LogP contribution in [0.25, 0.3) is 21.9 Å². The average molecular weight is 353 g/mol. The van der Waals surface area contributed by atoms with Crippen LogP contribution < -0.4 is 0 Å². The van der Waals surface area contributed by atoms with Crippen LogP contribution in [0.3, 0.4) is 0 Å². The number of hydrogen-bond acceptors (Lipinski definition) is 5. The molecule has 4 rings (SSSR count). The predicted octanol–water partition coefficient (Wildman–Crippen LogP) is 3.54. The van der Waals surface area contributed by atoms with Crippen molar-refractivity contribution in [3.05, 3.63) is 64.8 Å². The zero-order valence-electron chi connectivity index (χ0n) is 13.3. The van der Waals surface area contributed by atoms with Gasteiger partial charge in [0.15, 0.2) is 0 Å². The van der Waals surface area contributed by atoms with E-state index < -0.39 is 5.97 Å². The molecule has 0 saturated carbocycles. The summed E-state index contributed by atoms with van der Waals surface area (Å²) in [4.78, 5) is 28.0. The highest BCUT2D eigenvalue weighted by Crippen LogP contribution is 2.30. The molecule has 0 aliphatic heterocycles. The molecule has 4 aromatic rings. The van der Waals surface area contributed by atoms with Gasteiger partial charge in [0.25, 0.3) is 0 Å². The molecule has 1 N–H and O–H groups in total. The highest BCUT2D eigenvalue weighted by molar-refractivity contribution is 6.36. The van der Waals surface area contributed by atoms with Gasteiger partial charge in [-0.2, -0.15) is 0 Å². The Labute approximate surface area is 147 Å². The molecule has 0 fully saturated rings. The minimum absolute atomic E-state index is 0.376. The van der Waals surface area contributed by atoms with Crippen molar-refractivity contribution >= 4 is 39.5 Å². The van der Waals surface area contributed by atoms with Crippen LogP contribution in [0.5, 0.6) is 0 Å². The van der Waals surface area contributed by atoms with Crippen molar-refractivity contribution in [3.8, 4) is 0 Å². The molecule has 0 atom stereocenters. The molecule has 0 unspecified atom stereocenters. The fourth-order valence-electron chi connectivity index (χ4n) is 2.81. The van der Waals surface area contributed by atoms with Gasteiger partial charge in [-0.3, -0.25) is 4.98 Å². The van der Waals surface area contributed by atoms with E-state index in [0.717, 1.165) is 21.9 Å². The number of ether oxygens (including phenoxy) is 1. The number of esters is 1. The van der Waals surface area contributed by atoms with E-state index in [2.05, 4.69) is 19.9 Å². The van der Waals surface area contributed by atoms with Crippen LogP contribution in [0.2, 0.25) is 5.15 Å². The molecule has 0 amide bonds. The Morgan fingerprint density at radius 3 is 2.92 bits per heavy atom. The summed E-state index contributed by atoms with van der Waals surface area (Å²) in [6.07, 6.45) is 4.03. The second-order valence-corrected chi connectivity index (χ2v) is 5.93. The second kappa shape index (κ2) is 6.14. The van der Waals surface area contributed by atoms with Crippen LogP contribution in [-0.4, -0.2) is 33.0 Å². The van der Waals surface area contributed by atoms with Crippen molar-refractivity contribution in [2.75, 3.05) is 7.11 Å². The number of nitrogens with zero attached hydrogens (tertiary/aromatic N) is 3. The fourth-order valence-corrected chi connectivity index (χ4v) is 3.10. The summed E-state index contributed by atoms with van der Waals surface area (Å²) in [7, 11) is 1.35. The number of halogens is 1. The van der Waals surface area contributed by atoms with Gasteiger partial charge in [-0.25, -0.2) is 14.8 Å². The van der Waals surface area contributed by atoms with Gasteiger partial charge in [-0.05, 0) is 23.8 Å². The summed E-state index contributed by atoms with van der Waals surface area (Å²) < 4.78 is 4.76. The SMILES string of the molecule is COC(=O)c1ccc2c(c1)[nH]c1nc(Cc3cccnc3)nc(Cl)c12. The molecule has 25 heavy (non-hydrogen) atoms. The molecule has 0 saturated heterocycles. The maximum Gasteiger partial charge on any atom is 0.337 e. The topological polar surface area (TPSA) is 80.8 Å². The Bertz CT molecular complexity index is 1090. The number of hydrogen-bond donors (Lipinski definition) is 1. The molecule has 0 radical (unpaired) electrons. The van der Waals surface area contributed by atoms with Crippen molar-refractivity contribution in [1.82, 2.24) is 19.9 Å². The Hall–Kier alpha value is -2.99. The number of carbonyl (C=O) groups is 1. The summed E-state index contributed by atoms with van der Waals surface area (Å²) in [5.41, 5.74) is 2.85. The van der Waals surface area contributed by atoms with Gasteiger partial charge in [0, 0.05) is 29.7 Å². The number of rotatable bonds is 3. The van der Waals surface area contributed by atoms with Crippen LogP contribution in [0, 0.1) is 0 Å². The Morgan fingerprint density at radius 2 is 2.16 bits per heavy atom. The van der Waals surface area contributed by atoms with Crippen LogP contribution in [0.4, 0.5) is 0 Å². The van der Waals surface area contributed by atoms with E-state index in [1.54, 1.807) is 24.5 Å². The first-order valence-electron chi connectivity index (χ1n) is 7.61. The number of benzene rings is 1. The van der Waals surface area contributed by atoms with Crippen molar-refractivity contribution in [2.45, 2.75) is 6.42 Å². The zero-order chi connectivity index (χ0) is 17.4. The van der Waals surface area contributed by atoms with Gasteiger partial charge < -0.3 is 9.72 Å². The first-order chi connectivity index (χ1) is 12.2. The molecule has 0 spiro atoms. The van der Waals surface area contributed by atoms with Crippen molar-refractivity contribution in [1.29, 1.82) is 0 Å². The largest absolute Gasteiger partial charge is 0.465 e. The summed E-state index contributed by atoms with van der Waals surface area (Å²) in [5.74, 6) is 0.209. The molecule has 6 nitrogen and oxygen atoms in total. The van der Waals surface area contributed by atoms with Gasteiger partial charge in [-0.1, -0.05) is 23.7 Å². The highest BCUT2D eigenvalue weighted by atomic mass is 35.5. The lowest BCUT2D eigenvalue weighted by molar-refractivity contribution is 0.0601. The van der Waals surface area contributed by atoms with E-state index >= 15 is 0 Å². The molecular formula is C18H13ClN4O2. The van der Waals surface area contributed by atoms with Gasteiger partial charge in [0.2, 0.25) is 0 Å². The molecule has 7 heteroatoms. The third-order valence-corrected chi connectivity index (χ3v) is 4.23. The van der Waals surface area contributed by atoms with Gasteiger partial charge in [0.05, 0.1) is 18.1 Å². The zero-order valence-corrected chi connectivity index (χ0v) is 14.0. The van der Waals surface area contributed by atoms with E-state index in [9.17, 15) is 4.79 Å². The third kappa shape index (κ3) is 2.81. The normalized spacial score (nSPS) is 11.1. The third-order valence-electron chi connectivity index (χ3n) is 3.96. The van der Waals surface area contributed by atoms with E-state index in [4.69, 9.17) is 16.3 Å². The Kier molecular flexibility index (Phi) is 3.82. The Morgan fingerprint density at radius 1 is 1.28 bits per heavy atom. The quantitative estimate of drug-likeness (QED) is 0.450. The predicted molar refractivity (Wildman–Crippen MR) is 94.8 cm³/mol. The molecule has 0 bridgehead atoms. The first kappa shape index (κ1) is 15.5. The number of aromatic nitrogens is 4. The van der Waals surface area contributed by atoms with E-state index in [-0.39, 0.29) is 0 Å². The smallest absolute Gasteiger partial charge is 0.337 e. The number of H-pyrrole nitrogens is 1. The number of carbonyl (C=O) groups excluding carboxylic acids is 1. The van der Waals surface area contributed by atoms with Crippen LogP contribution in [-0.2, 0) is 11.2 Å². The summed E-state index contributed by atoms with van der Waals surface area (Å²) in [5, 5.41) is 1.98. The van der Waals surface area contributed by atoms with E-state index in [0.29, 0.717) is 28.6 Å². The van der Waals surface area contributed by atoms with Crippen molar-refractivity contribution in [3.63, 3.8) is 0 Å². The highest BCUT2D eigenvalue weighted by Gasteiger charge is 2.15. The van der Waals surface area contributed by atoms with E-state index in [1.807, 2.05) is 18.2 Å². The molecular weight excluding hydrogens is 340 g/mol. The molecule has 1 aromatic carbocycles. The molecule has 3 aromatic heterocycles. The first-order valence-corrected chi connectivity index (χ1v) is 7.98. The second-order valence-electron chi connectivity index (χ2n) is 5.57. The molecule has 0 aliphatic rings. The molecule has 3 heterocycles. The van der Waals surface area contributed by atoms with Gasteiger partial charge >= 0.3 is 5.97 Å². The van der Waals surface area contributed by atoms with Crippen LogP contribution in [0.15, 0.2) is 42.7 Å². The maximum absolute atomic E-state index is 11.7. The van der Waals surface area contributed by atoms with E-state index in [1.165, 1.54) is 7.11 Å².